The van der Waals surface area contributed by atoms with E-state index < -0.39 is 0 Å². The number of carbonyl (C=O) groups is 1. The Morgan fingerprint density at radius 1 is 1.10 bits per heavy atom. The summed E-state index contributed by atoms with van der Waals surface area (Å²) in [6.07, 6.45) is 0.778. The van der Waals surface area contributed by atoms with Crippen molar-refractivity contribution in [3.8, 4) is 16.6 Å². The number of rotatable bonds is 6. The number of ether oxygens (including phenoxy) is 3. The number of hydrogen-bond acceptors (Lipinski definition) is 5. The van der Waals surface area contributed by atoms with Gasteiger partial charge in [0.1, 0.15) is 24.1 Å². The third-order valence-electron chi connectivity index (χ3n) is 5.12. The molecule has 0 fully saturated rings. The molecular formula is C23H22ClNO4S. The van der Waals surface area contributed by atoms with E-state index in [2.05, 4.69) is 6.07 Å². The first-order chi connectivity index (χ1) is 14.6. The van der Waals surface area contributed by atoms with Crippen molar-refractivity contribution in [3.63, 3.8) is 0 Å². The first-order valence-electron chi connectivity index (χ1n) is 9.59. The molecule has 7 heteroatoms. The fraction of sp³-hybridized carbons (Fsp3) is 0.261. The van der Waals surface area contributed by atoms with Crippen LogP contribution >= 0.6 is 22.9 Å². The molecule has 1 aliphatic heterocycles. The van der Waals surface area contributed by atoms with Crippen LogP contribution in [0.2, 0.25) is 5.02 Å². The summed E-state index contributed by atoms with van der Waals surface area (Å²) >= 11 is 7.68. The highest BCUT2D eigenvalue weighted by Crippen LogP contribution is 2.40. The molecular weight excluding hydrogens is 422 g/mol. The molecule has 1 unspecified atom stereocenters. The summed E-state index contributed by atoms with van der Waals surface area (Å²) in [6, 6.07) is 16.3. The Hall–Kier alpha value is -2.70. The number of carbonyl (C=O) groups excluding carboxylic acids is 1. The van der Waals surface area contributed by atoms with Crippen LogP contribution in [0, 0.1) is 0 Å². The van der Waals surface area contributed by atoms with Crippen LogP contribution in [-0.4, -0.2) is 38.2 Å². The van der Waals surface area contributed by atoms with Gasteiger partial charge in [-0.05, 0) is 60.5 Å². The molecule has 0 N–H and O–H groups in total. The number of methoxy groups -OCH3 is 2. The minimum Gasteiger partial charge on any atom is -0.497 e. The van der Waals surface area contributed by atoms with Gasteiger partial charge in [0.05, 0.1) is 14.2 Å². The maximum atomic E-state index is 13.3. The van der Waals surface area contributed by atoms with Gasteiger partial charge in [0.15, 0.2) is 5.06 Å². The van der Waals surface area contributed by atoms with Crippen molar-refractivity contribution in [1.82, 2.24) is 4.90 Å². The van der Waals surface area contributed by atoms with Gasteiger partial charge < -0.3 is 19.1 Å². The van der Waals surface area contributed by atoms with Crippen LogP contribution in [0.1, 0.15) is 26.8 Å². The Kier molecular flexibility index (Phi) is 6.16. The Balaban J connectivity index is 1.61. The number of hydrogen-bond donors (Lipinski definition) is 0. The largest absolute Gasteiger partial charge is 0.497 e. The first kappa shape index (κ1) is 20.6. The lowest BCUT2D eigenvalue weighted by Gasteiger charge is -2.35. The molecule has 4 rings (SSSR count). The van der Waals surface area contributed by atoms with Gasteiger partial charge in [-0.1, -0.05) is 17.7 Å². The highest BCUT2D eigenvalue weighted by molar-refractivity contribution is 7.14. The lowest BCUT2D eigenvalue weighted by Crippen LogP contribution is -2.42. The second-order valence-corrected chi connectivity index (χ2v) is 8.40. The van der Waals surface area contributed by atoms with Crippen LogP contribution in [0.4, 0.5) is 0 Å². The Morgan fingerprint density at radius 3 is 2.57 bits per heavy atom. The molecule has 1 aliphatic rings. The molecule has 0 spiro atoms. The molecule has 30 heavy (non-hydrogen) atoms. The van der Waals surface area contributed by atoms with Gasteiger partial charge in [0.2, 0.25) is 0 Å². The minimum absolute atomic E-state index is 0.0566. The fourth-order valence-electron chi connectivity index (χ4n) is 3.58. The molecule has 156 valence electrons. The molecule has 0 radical (unpaired) electrons. The van der Waals surface area contributed by atoms with Crippen LogP contribution in [-0.2, 0) is 6.42 Å². The van der Waals surface area contributed by atoms with Crippen molar-refractivity contribution in [2.24, 2.45) is 0 Å². The SMILES string of the molecule is COc1ccc(OCC2c3sc(OC)cc3CCN2C(=O)c2cccc(Cl)c2)cc1. The average molecular weight is 444 g/mol. The minimum atomic E-state index is -0.212. The van der Waals surface area contributed by atoms with E-state index in [1.807, 2.05) is 29.2 Å². The van der Waals surface area contributed by atoms with Crippen molar-refractivity contribution < 1.29 is 19.0 Å². The number of nitrogens with zero attached hydrogens (tertiary/aromatic N) is 1. The summed E-state index contributed by atoms with van der Waals surface area (Å²) in [7, 11) is 3.29. The lowest BCUT2D eigenvalue weighted by molar-refractivity contribution is 0.0596. The standard InChI is InChI=1S/C23H22ClNO4S/c1-27-18-6-8-19(9-7-18)29-14-20-22-15(13-21(28-2)30-22)10-11-25(20)23(26)16-4-3-5-17(24)12-16/h3-9,12-13,20H,10-11,14H2,1-2H3. The predicted octanol–water partition coefficient (Wildman–Crippen LogP) is 5.24. The number of halogens is 1. The van der Waals surface area contributed by atoms with Crippen molar-refractivity contribution in [1.29, 1.82) is 0 Å². The molecule has 2 heterocycles. The van der Waals surface area contributed by atoms with E-state index in [1.165, 1.54) is 5.56 Å². The van der Waals surface area contributed by atoms with Gasteiger partial charge >= 0.3 is 0 Å². The highest BCUT2D eigenvalue weighted by Gasteiger charge is 2.34. The Bertz CT molecular complexity index is 1030. The number of thiophene rings is 1. The summed E-state index contributed by atoms with van der Waals surface area (Å²) in [5, 5.41) is 1.38. The summed E-state index contributed by atoms with van der Waals surface area (Å²) in [5.41, 5.74) is 1.78. The zero-order valence-electron chi connectivity index (χ0n) is 16.8. The molecule has 5 nitrogen and oxygen atoms in total. The lowest BCUT2D eigenvalue weighted by atomic mass is 10.0. The Labute approximate surface area is 184 Å². The van der Waals surface area contributed by atoms with E-state index in [1.54, 1.807) is 49.8 Å². The van der Waals surface area contributed by atoms with Crippen molar-refractivity contribution >= 4 is 28.8 Å². The van der Waals surface area contributed by atoms with Crippen LogP contribution in [0.5, 0.6) is 16.6 Å². The van der Waals surface area contributed by atoms with Crippen LogP contribution in [0.25, 0.3) is 0 Å². The topological polar surface area (TPSA) is 48.0 Å². The van der Waals surface area contributed by atoms with Gasteiger partial charge in [0.25, 0.3) is 5.91 Å². The molecule has 3 aromatic rings. The van der Waals surface area contributed by atoms with Gasteiger partial charge in [-0.15, -0.1) is 11.3 Å². The Morgan fingerprint density at radius 2 is 1.87 bits per heavy atom. The molecule has 0 aliphatic carbocycles. The predicted molar refractivity (Wildman–Crippen MR) is 118 cm³/mol. The first-order valence-corrected chi connectivity index (χ1v) is 10.8. The molecule has 0 saturated carbocycles. The van der Waals surface area contributed by atoms with Gasteiger partial charge in [-0.3, -0.25) is 4.79 Å². The van der Waals surface area contributed by atoms with Crippen LogP contribution in [0.3, 0.4) is 0 Å². The van der Waals surface area contributed by atoms with Gasteiger partial charge in [-0.2, -0.15) is 0 Å². The number of fused-ring (bicyclic) bond motifs is 1. The second-order valence-electron chi connectivity index (χ2n) is 6.92. The smallest absolute Gasteiger partial charge is 0.254 e. The summed E-state index contributed by atoms with van der Waals surface area (Å²) in [4.78, 5) is 16.3. The zero-order chi connectivity index (χ0) is 21.1. The second kappa shape index (κ2) is 8.98. The highest BCUT2D eigenvalue weighted by atomic mass is 35.5. The quantitative estimate of drug-likeness (QED) is 0.523. The van der Waals surface area contributed by atoms with Gasteiger partial charge in [0, 0.05) is 22.0 Å². The van der Waals surface area contributed by atoms with Crippen molar-refractivity contribution in [3.05, 3.63) is 75.6 Å². The van der Waals surface area contributed by atoms with Gasteiger partial charge in [-0.25, -0.2) is 0 Å². The summed E-state index contributed by atoms with van der Waals surface area (Å²) < 4.78 is 16.7. The third kappa shape index (κ3) is 4.25. The summed E-state index contributed by atoms with van der Waals surface area (Å²) in [6.45, 7) is 0.949. The monoisotopic (exact) mass is 443 g/mol. The van der Waals surface area contributed by atoms with E-state index in [0.29, 0.717) is 23.7 Å². The zero-order valence-corrected chi connectivity index (χ0v) is 18.3. The molecule has 1 amide bonds. The van der Waals surface area contributed by atoms with E-state index >= 15 is 0 Å². The van der Waals surface area contributed by atoms with E-state index in [0.717, 1.165) is 27.9 Å². The number of benzene rings is 2. The number of amides is 1. The maximum absolute atomic E-state index is 13.3. The molecule has 0 bridgehead atoms. The molecule has 1 aromatic heterocycles. The molecule has 0 saturated heterocycles. The fourth-order valence-corrected chi connectivity index (χ4v) is 4.89. The van der Waals surface area contributed by atoms with E-state index in [4.69, 9.17) is 25.8 Å². The van der Waals surface area contributed by atoms with E-state index in [-0.39, 0.29) is 11.9 Å². The normalized spacial score (nSPS) is 15.4. The average Bonchev–Trinajstić information content (AvgIpc) is 3.21. The van der Waals surface area contributed by atoms with E-state index in [9.17, 15) is 4.79 Å². The van der Waals surface area contributed by atoms with Crippen LogP contribution in [0.15, 0.2) is 54.6 Å². The third-order valence-corrected chi connectivity index (χ3v) is 6.60. The maximum Gasteiger partial charge on any atom is 0.254 e. The summed E-state index contributed by atoms with van der Waals surface area (Å²) in [5.74, 6) is 1.43. The van der Waals surface area contributed by atoms with Crippen molar-refractivity contribution in [2.45, 2.75) is 12.5 Å². The molecule has 2 aromatic carbocycles. The molecule has 1 atom stereocenters. The van der Waals surface area contributed by atoms with Crippen LogP contribution < -0.4 is 14.2 Å². The van der Waals surface area contributed by atoms with Crippen molar-refractivity contribution in [2.75, 3.05) is 27.4 Å².